The minimum Gasteiger partial charge on any atom is -0.309 e. The van der Waals surface area contributed by atoms with Crippen LogP contribution in [0.5, 0.6) is 0 Å². The van der Waals surface area contributed by atoms with Crippen molar-refractivity contribution in [1.29, 1.82) is 0 Å². The minimum absolute atomic E-state index is 0.0329. The van der Waals surface area contributed by atoms with Crippen LogP contribution in [0.4, 0.5) is 34.1 Å². The number of hydrogen-bond donors (Lipinski definition) is 0. The van der Waals surface area contributed by atoms with Crippen molar-refractivity contribution >= 4 is 45.7 Å². The topological polar surface area (TPSA) is 6.48 Å². The highest BCUT2D eigenvalue weighted by atomic mass is 35.5. The minimum atomic E-state index is -0.0573. The van der Waals surface area contributed by atoms with Gasteiger partial charge in [-0.25, -0.2) is 0 Å². The third-order valence-corrected chi connectivity index (χ3v) is 11.6. The first-order valence-corrected chi connectivity index (χ1v) is 21.3. The molecule has 0 saturated heterocycles. The van der Waals surface area contributed by atoms with Crippen LogP contribution in [0.15, 0.2) is 103 Å². The molecule has 0 atom stereocenters. The number of nitrogens with zero attached hydrogens (tertiary/aromatic N) is 2. The second kappa shape index (κ2) is 15.3. The Morgan fingerprint density at radius 2 is 0.544 bits per heavy atom. The molecule has 0 fully saturated rings. The Morgan fingerprint density at radius 3 is 0.807 bits per heavy atom. The molecule has 5 rings (SSSR count). The van der Waals surface area contributed by atoms with Gasteiger partial charge in [-0.15, -0.1) is 0 Å². The molecule has 0 aliphatic heterocycles. The lowest BCUT2D eigenvalue weighted by Crippen LogP contribution is -2.21. The predicted molar refractivity (Wildman–Crippen MR) is 253 cm³/mol. The predicted octanol–water partition coefficient (Wildman–Crippen LogP) is 17.1. The standard InChI is InChI=1S/C54H71ClN2/c1-49(2,3)36-22-19-24-42(30-36)56(44-32-38(51(7,8)9)28-39(33-44)52(10,11)12)46-26-21-27-47(48(46)55)57(43-25-20-23-37(31-43)50(4,5)6)45-34-40(53(13,14)15)29-41(35-45)54(16,17)18/h19-35H,1-18H3. The SMILES string of the molecule is CC(C)(C)c1cccc(N(c2cc(C(C)(C)C)cc(C(C)(C)C)c2)c2cccc(N(c3cccc(C(C)(C)C)c3)c3cc(C(C)(C)C)cc(C(C)(C)C)c3)c2Cl)c1. The van der Waals surface area contributed by atoms with Crippen LogP contribution in [0, 0.1) is 0 Å². The second-order valence-electron chi connectivity index (χ2n) is 22.4. The molecule has 3 heteroatoms. The summed E-state index contributed by atoms with van der Waals surface area (Å²) in [5.41, 5.74) is 13.7. The molecule has 304 valence electrons. The van der Waals surface area contributed by atoms with E-state index in [9.17, 15) is 0 Å². The Kier molecular flexibility index (Phi) is 11.8. The summed E-state index contributed by atoms with van der Waals surface area (Å²) in [7, 11) is 0. The van der Waals surface area contributed by atoms with Crippen molar-refractivity contribution in [2.75, 3.05) is 9.80 Å². The molecule has 0 saturated carbocycles. The maximum atomic E-state index is 7.99. The molecule has 0 amide bonds. The van der Waals surface area contributed by atoms with E-state index in [-0.39, 0.29) is 32.5 Å². The summed E-state index contributed by atoms with van der Waals surface area (Å²) >= 11 is 7.99. The van der Waals surface area contributed by atoms with Gasteiger partial charge in [0.1, 0.15) is 0 Å². The van der Waals surface area contributed by atoms with Gasteiger partial charge in [0.15, 0.2) is 0 Å². The first-order valence-electron chi connectivity index (χ1n) is 20.9. The van der Waals surface area contributed by atoms with Gasteiger partial charge in [-0.2, -0.15) is 0 Å². The van der Waals surface area contributed by atoms with Gasteiger partial charge in [-0.3, -0.25) is 0 Å². The van der Waals surface area contributed by atoms with Gasteiger partial charge in [-0.05, 0) is 127 Å². The zero-order chi connectivity index (χ0) is 42.7. The second-order valence-corrected chi connectivity index (χ2v) is 22.8. The summed E-state index contributed by atoms with van der Waals surface area (Å²) in [4.78, 5) is 4.78. The fourth-order valence-corrected chi connectivity index (χ4v) is 7.44. The third-order valence-electron chi connectivity index (χ3n) is 11.2. The van der Waals surface area contributed by atoms with E-state index in [1.165, 1.54) is 33.4 Å². The van der Waals surface area contributed by atoms with Crippen LogP contribution >= 0.6 is 11.6 Å². The molecule has 57 heavy (non-hydrogen) atoms. The highest BCUT2D eigenvalue weighted by Crippen LogP contribution is 2.49. The summed E-state index contributed by atoms with van der Waals surface area (Å²) in [5, 5.41) is 0.691. The van der Waals surface area contributed by atoms with E-state index in [1.54, 1.807) is 0 Å². The van der Waals surface area contributed by atoms with E-state index in [4.69, 9.17) is 11.6 Å². The average molecular weight is 784 g/mol. The molecule has 2 nitrogen and oxygen atoms in total. The van der Waals surface area contributed by atoms with Crippen molar-refractivity contribution in [2.45, 2.75) is 157 Å². The number of anilines is 6. The van der Waals surface area contributed by atoms with Crippen molar-refractivity contribution in [2.24, 2.45) is 0 Å². The summed E-state index contributed by atoms with van der Waals surface area (Å²) in [6, 6.07) is 38.8. The lowest BCUT2D eigenvalue weighted by molar-refractivity contribution is 0.568. The van der Waals surface area contributed by atoms with Gasteiger partial charge >= 0.3 is 0 Å². The van der Waals surface area contributed by atoms with Crippen LogP contribution in [0.1, 0.15) is 158 Å². The summed E-state index contributed by atoms with van der Waals surface area (Å²) in [6.07, 6.45) is 0. The first-order chi connectivity index (χ1) is 26.0. The van der Waals surface area contributed by atoms with Gasteiger partial charge in [-0.1, -0.05) is 179 Å². The molecular formula is C54H71ClN2. The fourth-order valence-electron chi connectivity index (χ4n) is 7.14. The summed E-state index contributed by atoms with van der Waals surface area (Å²) < 4.78 is 0. The van der Waals surface area contributed by atoms with Crippen molar-refractivity contribution in [1.82, 2.24) is 0 Å². The summed E-state index contributed by atoms with van der Waals surface area (Å²) in [5.74, 6) is 0. The van der Waals surface area contributed by atoms with E-state index in [0.29, 0.717) is 5.02 Å². The molecule has 0 aromatic heterocycles. The lowest BCUT2D eigenvalue weighted by Gasteiger charge is -2.35. The monoisotopic (exact) mass is 783 g/mol. The molecular weight excluding hydrogens is 712 g/mol. The van der Waals surface area contributed by atoms with E-state index < -0.39 is 0 Å². The van der Waals surface area contributed by atoms with Crippen LogP contribution < -0.4 is 9.80 Å². The maximum Gasteiger partial charge on any atom is 0.0887 e. The van der Waals surface area contributed by atoms with E-state index in [1.807, 2.05) is 0 Å². The van der Waals surface area contributed by atoms with Crippen LogP contribution in [-0.4, -0.2) is 0 Å². The first kappa shape index (κ1) is 44.1. The van der Waals surface area contributed by atoms with Crippen LogP contribution in [0.3, 0.4) is 0 Å². The average Bonchev–Trinajstić information content (AvgIpc) is 3.08. The van der Waals surface area contributed by atoms with Crippen molar-refractivity contribution in [3.63, 3.8) is 0 Å². The number of benzene rings is 5. The molecule has 0 unspecified atom stereocenters. The summed E-state index contributed by atoms with van der Waals surface area (Å²) in [6.45, 7) is 41.3. The maximum absolute atomic E-state index is 7.99. The zero-order valence-corrected chi connectivity index (χ0v) is 39.3. The highest BCUT2D eigenvalue weighted by molar-refractivity contribution is 6.36. The number of rotatable bonds is 6. The Labute approximate surface area is 352 Å². The Morgan fingerprint density at radius 1 is 0.298 bits per heavy atom. The highest BCUT2D eigenvalue weighted by Gasteiger charge is 2.29. The Bertz CT molecular complexity index is 2000. The van der Waals surface area contributed by atoms with E-state index in [2.05, 4.69) is 238 Å². The number of halogens is 1. The molecule has 5 aromatic rings. The van der Waals surface area contributed by atoms with Crippen molar-refractivity contribution in [3.05, 3.63) is 142 Å². The molecule has 0 heterocycles. The van der Waals surface area contributed by atoms with Crippen LogP contribution in [-0.2, 0) is 32.5 Å². The van der Waals surface area contributed by atoms with Crippen LogP contribution in [0.2, 0.25) is 5.02 Å². The van der Waals surface area contributed by atoms with E-state index in [0.717, 1.165) is 34.1 Å². The zero-order valence-electron chi connectivity index (χ0n) is 38.6. The molecule has 0 N–H and O–H groups in total. The van der Waals surface area contributed by atoms with Gasteiger partial charge in [0, 0.05) is 22.7 Å². The molecule has 0 bridgehead atoms. The Balaban J connectivity index is 1.91. The van der Waals surface area contributed by atoms with Gasteiger partial charge in [0.05, 0.1) is 16.4 Å². The third kappa shape index (κ3) is 10.00. The fraction of sp³-hybridized carbons (Fsp3) is 0.444. The molecule has 0 aliphatic carbocycles. The molecule has 0 radical (unpaired) electrons. The normalized spacial score (nSPS) is 13.2. The van der Waals surface area contributed by atoms with E-state index >= 15 is 0 Å². The quantitative estimate of drug-likeness (QED) is 0.169. The van der Waals surface area contributed by atoms with Gasteiger partial charge < -0.3 is 9.80 Å². The molecule has 0 spiro atoms. The smallest absolute Gasteiger partial charge is 0.0887 e. The molecule has 5 aromatic carbocycles. The molecule has 0 aliphatic rings. The van der Waals surface area contributed by atoms with Gasteiger partial charge in [0.25, 0.3) is 0 Å². The number of hydrogen-bond acceptors (Lipinski definition) is 2. The van der Waals surface area contributed by atoms with Crippen molar-refractivity contribution in [3.8, 4) is 0 Å². The lowest BCUT2D eigenvalue weighted by atomic mass is 9.80. The van der Waals surface area contributed by atoms with Crippen LogP contribution in [0.25, 0.3) is 0 Å². The van der Waals surface area contributed by atoms with Gasteiger partial charge in [0.2, 0.25) is 0 Å². The Hall–Kier alpha value is -4.01. The largest absolute Gasteiger partial charge is 0.309 e. The van der Waals surface area contributed by atoms with Crippen molar-refractivity contribution < 1.29 is 0 Å².